The summed E-state index contributed by atoms with van der Waals surface area (Å²) >= 11 is 0. The quantitative estimate of drug-likeness (QED) is 0.885. The molecule has 0 saturated carbocycles. The van der Waals surface area contributed by atoms with E-state index in [4.69, 9.17) is 4.74 Å². The molecule has 2 saturated heterocycles. The summed E-state index contributed by atoms with van der Waals surface area (Å²) in [6, 6.07) is -0.429. The van der Waals surface area contributed by atoms with Gasteiger partial charge in [-0.2, -0.15) is 5.10 Å². The molecule has 3 rings (SSSR count). The number of morpholine rings is 1. The van der Waals surface area contributed by atoms with Gasteiger partial charge in [-0.25, -0.2) is 9.37 Å². The third-order valence-corrected chi connectivity index (χ3v) is 4.52. The third kappa shape index (κ3) is 3.75. The van der Waals surface area contributed by atoms with Crippen molar-refractivity contribution in [1.82, 2.24) is 25.0 Å². The molecule has 134 valence electrons. The van der Waals surface area contributed by atoms with Crippen LogP contribution in [0.3, 0.4) is 0 Å². The van der Waals surface area contributed by atoms with Crippen molar-refractivity contribution in [2.24, 2.45) is 0 Å². The maximum atomic E-state index is 14.0. The lowest BCUT2D eigenvalue weighted by atomic mass is 9.96. The molecule has 8 heteroatoms. The number of amides is 1. The number of H-pyrrole nitrogens is 1. The molecule has 1 amide bonds. The van der Waals surface area contributed by atoms with Gasteiger partial charge in [0.2, 0.25) is 5.91 Å². The lowest BCUT2D eigenvalue weighted by Crippen LogP contribution is -2.49. The second-order valence-electron chi connectivity index (χ2n) is 7.57. The van der Waals surface area contributed by atoms with Crippen LogP contribution in [0.1, 0.15) is 38.8 Å². The number of halogens is 1. The van der Waals surface area contributed by atoms with Gasteiger partial charge >= 0.3 is 0 Å². The molecule has 0 aromatic carbocycles. The molecular weight excluding hydrogens is 313 g/mol. The van der Waals surface area contributed by atoms with Crippen LogP contribution < -0.4 is 0 Å². The van der Waals surface area contributed by atoms with Gasteiger partial charge in [0.15, 0.2) is 5.82 Å². The van der Waals surface area contributed by atoms with Crippen LogP contribution in [0, 0.1) is 0 Å². The molecule has 0 radical (unpaired) electrons. The van der Waals surface area contributed by atoms with Crippen molar-refractivity contribution < 1.29 is 13.9 Å². The van der Waals surface area contributed by atoms with Crippen molar-refractivity contribution in [3.63, 3.8) is 0 Å². The summed E-state index contributed by atoms with van der Waals surface area (Å²) in [5, 5.41) is 7.16. The maximum Gasteiger partial charge on any atom is 0.240 e. The predicted octanol–water partition coefficient (Wildman–Crippen LogP) is 0.873. The molecule has 1 N–H and O–H groups in total. The highest BCUT2D eigenvalue weighted by molar-refractivity contribution is 5.82. The van der Waals surface area contributed by atoms with Crippen molar-refractivity contribution in [3.8, 4) is 0 Å². The molecule has 0 spiro atoms. The Morgan fingerprint density at radius 2 is 2.08 bits per heavy atom. The molecule has 2 fully saturated rings. The zero-order valence-electron chi connectivity index (χ0n) is 14.6. The molecule has 0 aliphatic carbocycles. The van der Waals surface area contributed by atoms with E-state index in [1.54, 1.807) is 4.90 Å². The molecule has 2 atom stereocenters. The van der Waals surface area contributed by atoms with Crippen LogP contribution in [0.5, 0.6) is 0 Å². The SMILES string of the molecule is CC(C)(C)c1n[nH]c(CN2C[C@H](F)C[C@H]2C(=O)N2CCOCC2)n1. The summed E-state index contributed by atoms with van der Waals surface area (Å²) in [5.74, 6) is 1.40. The molecular formula is C16H26FN5O2. The van der Waals surface area contributed by atoms with E-state index in [9.17, 15) is 9.18 Å². The molecule has 3 heterocycles. The number of ether oxygens (including phenoxy) is 1. The summed E-state index contributed by atoms with van der Waals surface area (Å²) < 4.78 is 19.3. The Morgan fingerprint density at radius 3 is 2.71 bits per heavy atom. The minimum atomic E-state index is -0.981. The number of carbonyl (C=O) groups excluding carboxylic acids is 1. The van der Waals surface area contributed by atoms with E-state index in [-0.39, 0.29) is 24.3 Å². The average Bonchev–Trinajstić information content (AvgIpc) is 3.14. The lowest BCUT2D eigenvalue weighted by Gasteiger charge is -2.32. The normalized spacial score (nSPS) is 26.1. The van der Waals surface area contributed by atoms with Gasteiger partial charge in [-0.05, 0) is 0 Å². The number of carbonyl (C=O) groups is 1. The molecule has 24 heavy (non-hydrogen) atoms. The van der Waals surface area contributed by atoms with Crippen LogP contribution in [0.15, 0.2) is 0 Å². The first kappa shape index (κ1) is 17.3. The van der Waals surface area contributed by atoms with Gasteiger partial charge in [0, 0.05) is 31.5 Å². The molecule has 0 bridgehead atoms. The molecule has 2 aliphatic rings. The Labute approximate surface area is 141 Å². The fraction of sp³-hybridized carbons (Fsp3) is 0.812. The first-order valence-electron chi connectivity index (χ1n) is 8.51. The Hall–Kier alpha value is -1.54. The Balaban J connectivity index is 1.68. The second kappa shape index (κ2) is 6.76. The van der Waals surface area contributed by atoms with Gasteiger partial charge < -0.3 is 9.64 Å². The smallest absolute Gasteiger partial charge is 0.240 e. The van der Waals surface area contributed by atoms with Crippen LogP contribution in [-0.2, 0) is 21.5 Å². The Kier molecular flexibility index (Phi) is 4.87. The van der Waals surface area contributed by atoms with Gasteiger partial charge in [-0.3, -0.25) is 14.8 Å². The summed E-state index contributed by atoms with van der Waals surface area (Å²) in [5.41, 5.74) is -0.147. The van der Waals surface area contributed by atoms with Gasteiger partial charge in [0.05, 0.1) is 25.8 Å². The van der Waals surface area contributed by atoms with E-state index >= 15 is 0 Å². The van der Waals surface area contributed by atoms with Gasteiger partial charge in [0.25, 0.3) is 0 Å². The number of hydrogen-bond acceptors (Lipinski definition) is 5. The standard InChI is InChI=1S/C16H26FN5O2/c1-16(2,3)15-18-13(19-20-15)10-22-9-11(17)8-12(22)14(23)21-4-6-24-7-5-21/h11-12H,4-10H2,1-3H3,(H,18,19,20)/t11-,12+/m1/s1. The van der Waals surface area contributed by atoms with Gasteiger partial charge in [0.1, 0.15) is 12.0 Å². The summed E-state index contributed by atoms with van der Waals surface area (Å²) in [4.78, 5) is 20.9. The van der Waals surface area contributed by atoms with Crippen molar-refractivity contribution in [1.29, 1.82) is 0 Å². The zero-order chi connectivity index (χ0) is 17.3. The van der Waals surface area contributed by atoms with E-state index < -0.39 is 12.2 Å². The molecule has 7 nitrogen and oxygen atoms in total. The average molecular weight is 339 g/mol. The highest BCUT2D eigenvalue weighted by Gasteiger charge is 2.39. The second-order valence-corrected chi connectivity index (χ2v) is 7.57. The summed E-state index contributed by atoms with van der Waals surface area (Å²) in [6.07, 6.45) is -0.735. The van der Waals surface area contributed by atoms with Crippen molar-refractivity contribution >= 4 is 5.91 Å². The van der Waals surface area contributed by atoms with Crippen LogP contribution >= 0.6 is 0 Å². The molecule has 1 aromatic heterocycles. The van der Waals surface area contributed by atoms with E-state index in [1.807, 2.05) is 25.7 Å². The van der Waals surface area contributed by atoms with E-state index in [1.165, 1.54) is 0 Å². The van der Waals surface area contributed by atoms with E-state index in [2.05, 4.69) is 15.2 Å². The Morgan fingerprint density at radius 1 is 1.38 bits per heavy atom. The predicted molar refractivity (Wildman–Crippen MR) is 86.2 cm³/mol. The number of alkyl halides is 1. The summed E-state index contributed by atoms with van der Waals surface area (Å²) in [7, 11) is 0. The highest BCUT2D eigenvalue weighted by Crippen LogP contribution is 2.25. The molecule has 2 aliphatic heterocycles. The van der Waals surface area contributed by atoms with Crippen LogP contribution in [-0.4, -0.2) is 75.9 Å². The van der Waals surface area contributed by atoms with E-state index in [0.717, 1.165) is 5.82 Å². The van der Waals surface area contributed by atoms with Crippen molar-refractivity contribution in [3.05, 3.63) is 11.6 Å². The first-order chi connectivity index (χ1) is 11.3. The fourth-order valence-corrected chi connectivity index (χ4v) is 3.17. The third-order valence-electron chi connectivity index (χ3n) is 4.52. The first-order valence-corrected chi connectivity index (χ1v) is 8.51. The molecule has 1 aromatic rings. The van der Waals surface area contributed by atoms with Crippen molar-refractivity contribution in [2.75, 3.05) is 32.8 Å². The number of nitrogens with one attached hydrogen (secondary N) is 1. The minimum absolute atomic E-state index is 0.00555. The fourth-order valence-electron chi connectivity index (χ4n) is 3.17. The minimum Gasteiger partial charge on any atom is -0.378 e. The number of rotatable bonds is 3. The van der Waals surface area contributed by atoms with E-state index in [0.29, 0.717) is 38.7 Å². The lowest BCUT2D eigenvalue weighted by molar-refractivity contribution is -0.140. The molecule has 0 unspecified atom stereocenters. The van der Waals surface area contributed by atoms with Crippen molar-refractivity contribution in [2.45, 2.75) is 51.4 Å². The Bertz CT molecular complexity index is 579. The summed E-state index contributed by atoms with van der Waals surface area (Å²) in [6.45, 7) is 9.04. The largest absolute Gasteiger partial charge is 0.378 e. The topological polar surface area (TPSA) is 74.4 Å². The number of likely N-dealkylation sites (tertiary alicyclic amines) is 1. The maximum absolute atomic E-state index is 14.0. The van der Waals surface area contributed by atoms with Crippen LogP contribution in [0.4, 0.5) is 4.39 Å². The zero-order valence-corrected chi connectivity index (χ0v) is 14.6. The van der Waals surface area contributed by atoms with Gasteiger partial charge in [-0.1, -0.05) is 20.8 Å². The van der Waals surface area contributed by atoms with Gasteiger partial charge in [-0.15, -0.1) is 0 Å². The van der Waals surface area contributed by atoms with Crippen LogP contribution in [0.25, 0.3) is 0 Å². The number of aromatic amines is 1. The van der Waals surface area contributed by atoms with Crippen LogP contribution in [0.2, 0.25) is 0 Å². The monoisotopic (exact) mass is 339 g/mol. The number of nitrogens with zero attached hydrogens (tertiary/aromatic N) is 4. The number of aromatic nitrogens is 3. The number of hydrogen-bond donors (Lipinski definition) is 1. The highest BCUT2D eigenvalue weighted by atomic mass is 19.1.